The van der Waals surface area contributed by atoms with Gasteiger partial charge in [0.25, 0.3) is 0 Å². The number of amides is 1. The lowest BCUT2D eigenvalue weighted by Crippen LogP contribution is -2.57. The molecule has 7 nitrogen and oxygen atoms in total. The molecule has 0 aromatic carbocycles. The van der Waals surface area contributed by atoms with Crippen molar-refractivity contribution in [2.45, 2.75) is 31.7 Å². The molecule has 1 heterocycles. The molecule has 3 N–H and O–H groups in total. The first-order valence-corrected chi connectivity index (χ1v) is 8.74. The van der Waals surface area contributed by atoms with E-state index in [1.54, 1.807) is 6.92 Å². The quantitative estimate of drug-likeness (QED) is 0.605. The smallest absolute Gasteiger partial charge is 0.240 e. The summed E-state index contributed by atoms with van der Waals surface area (Å²) < 4.78 is 29.4. The van der Waals surface area contributed by atoms with E-state index >= 15 is 0 Å². The van der Waals surface area contributed by atoms with Crippen molar-refractivity contribution in [3.8, 4) is 0 Å². The Morgan fingerprint density at radius 2 is 2.00 bits per heavy atom. The van der Waals surface area contributed by atoms with Crippen LogP contribution in [0.15, 0.2) is 0 Å². The van der Waals surface area contributed by atoms with E-state index in [1.807, 2.05) is 0 Å². The van der Waals surface area contributed by atoms with Gasteiger partial charge in [0.1, 0.15) is 0 Å². The highest BCUT2D eigenvalue weighted by molar-refractivity contribution is 7.88. The van der Waals surface area contributed by atoms with E-state index in [2.05, 4.69) is 5.32 Å². The summed E-state index contributed by atoms with van der Waals surface area (Å²) >= 11 is 0. The Hall–Kier alpha value is -0.700. The topological polar surface area (TPSA) is 102 Å². The molecule has 1 amide bonds. The van der Waals surface area contributed by atoms with Gasteiger partial charge in [-0.2, -0.15) is 0 Å². The van der Waals surface area contributed by atoms with Gasteiger partial charge in [-0.1, -0.05) is 6.92 Å². The highest BCUT2D eigenvalue weighted by atomic mass is 32.2. The molecule has 0 radical (unpaired) electrons. The zero-order valence-corrected chi connectivity index (χ0v) is 13.0. The maximum Gasteiger partial charge on any atom is 0.240 e. The molecule has 0 bridgehead atoms. The van der Waals surface area contributed by atoms with Crippen LogP contribution in [0.4, 0.5) is 0 Å². The fraction of sp³-hybridized carbons (Fsp3) is 0.917. The molecule has 1 fully saturated rings. The number of nitrogens with two attached hydrogens (primary N) is 1. The van der Waals surface area contributed by atoms with Crippen molar-refractivity contribution < 1.29 is 17.9 Å². The van der Waals surface area contributed by atoms with Gasteiger partial charge in [-0.25, -0.2) is 12.7 Å². The third kappa shape index (κ3) is 5.01. The summed E-state index contributed by atoms with van der Waals surface area (Å²) in [7, 11) is -3.17. The van der Waals surface area contributed by atoms with Crippen molar-refractivity contribution >= 4 is 15.9 Å². The van der Waals surface area contributed by atoms with Crippen molar-refractivity contribution in [2.75, 3.05) is 39.1 Å². The van der Waals surface area contributed by atoms with Gasteiger partial charge in [0.2, 0.25) is 15.9 Å². The molecule has 118 valence electrons. The van der Waals surface area contributed by atoms with Crippen LogP contribution in [-0.4, -0.2) is 63.3 Å². The normalized spacial score (nSPS) is 19.0. The van der Waals surface area contributed by atoms with Crippen LogP contribution >= 0.6 is 0 Å². The van der Waals surface area contributed by atoms with E-state index in [0.29, 0.717) is 52.1 Å². The summed E-state index contributed by atoms with van der Waals surface area (Å²) in [5.41, 5.74) is 5.19. The first-order chi connectivity index (χ1) is 9.29. The number of nitrogens with one attached hydrogen (secondary N) is 1. The third-order valence-electron chi connectivity index (χ3n) is 3.53. The van der Waals surface area contributed by atoms with Gasteiger partial charge in [-0.3, -0.25) is 4.79 Å². The minimum absolute atomic E-state index is 0.178. The molecule has 8 heteroatoms. The highest BCUT2D eigenvalue weighted by Gasteiger charge is 2.35. The third-order valence-corrected chi connectivity index (χ3v) is 4.91. The van der Waals surface area contributed by atoms with Gasteiger partial charge in [-0.15, -0.1) is 0 Å². The average Bonchev–Trinajstić information content (AvgIpc) is 2.37. The Balaban J connectivity index is 2.32. The van der Waals surface area contributed by atoms with E-state index in [4.69, 9.17) is 10.5 Å². The predicted octanol–water partition coefficient (Wildman–Crippen LogP) is -0.718. The summed E-state index contributed by atoms with van der Waals surface area (Å²) in [6.45, 7) is 4.05. The summed E-state index contributed by atoms with van der Waals surface area (Å²) in [5.74, 6) is -0.178. The molecule has 0 unspecified atom stereocenters. The first kappa shape index (κ1) is 17.4. The lowest BCUT2D eigenvalue weighted by molar-refractivity contribution is -0.129. The second-order valence-corrected chi connectivity index (χ2v) is 7.12. The Kier molecular flexibility index (Phi) is 6.38. The van der Waals surface area contributed by atoms with Gasteiger partial charge in [0.15, 0.2) is 0 Å². The van der Waals surface area contributed by atoms with Gasteiger partial charge < -0.3 is 15.8 Å². The molecule has 0 spiro atoms. The van der Waals surface area contributed by atoms with E-state index in [1.165, 1.54) is 10.6 Å². The fourth-order valence-corrected chi connectivity index (χ4v) is 3.08. The number of hydrogen-bond acceptors (Lipinski definition) is 5. The SMILES string of the molecule is CCN(CCCNC(=O)C1(N)CCOCC1)S(C)(=O)=O. The zero-order valence-electron chi connectivity index (χ0n) is 12.2. The molecular formula is C12H25N3O4S. The average molecular weight is 307 g/mol. The second-order valence-electron chi connectivity index (χ2n) is 5.13. The van der Waals surface area contributed by atoms with Gasteiger partial charge in [0.05, 0.1) is 11.8 Å². The second kappa shape index (κ2) is 7.35. The first-order valence-electron chi connectivity index (χ1n) is 6.89. The van der Waals surface area contributed by atoms with Gasteiger partial charge >= 0.3 is 0 Å². The number of nitrogens with zero attached hydrogens (tertiary/aromatic N) is 1. The van der Waals surface area contributed by atoms with Crippen molar-refractivity contribution in [1.82, 2.24) is 9.62 Å². The molecule has 1 aliphatic heterocycles. The number of sulfonamides is 1. The molecule has 0 aromatic heterocycles. The largest absolute Gasteiger partial charge is 0.381 e. The standard InChI is InChI=1S/C12H25N3O4S/c1-3-15(20(2,17)18)8-4-7-14-11(16)12(13)5-9-19-10-6-12/h3-10,13H2,1-2H3,(H,14,16). The van der Waals surface area contributed by atoms with Crippen LogP contribution in [0.3, 0.4) is 0 Å². The van der Waals surface area contributed by atoms with Crippen molar-refractivity contribution in [1.29, 1.82) is 0 Å². The molecule has 1 aliphatic rings. The molecule has 0 aliphatic carbocycles. The molecular weight excluding hydrogens is 282 g/mol. The maximum absolute atomic E-state index is 12.0. The molecule has 0 atom stereocenters. The molecule has 1 saturated heterocycles. The predicted molar refractivity (Wildman–Crippen MR) is 76.7 cm³/mol. The van der Waals surface area contributed by atoms with Crippen molar-refractivity contribution in [3.63, 3.8) is 0 Å². The fourth-order valence-electron chi connectivity index (χ4n) is 2.15. The minimum atomic E-state index is -3.17. The number of carbonyl (C=O) groups excluding carboxylic acids is 1. The van der Waals surface area contributed by atoms with E-state index in [9.17, 15) is 13.2 Å². The number of hydrogen-bond donors (Lipinski definition) is 2. The molecule has 20 heavy (non-hydrogen) atoms. The van der Waals surface area contributed by atoms with E-state index in [-0.39, 0.29) is 5.91 Å². The summed E-state index contributed by atoms with van der Waals surface area (Å²) in [5, 5.41) is 2.78. The Morgan fingerprint density at radius 3 is 2.50 bits per heavy atom. The highest BCUT2D eigenvalue weighted by Crippen LogP contribution is 2.17. The van der Waals surface area contributed by atoms with Gasteiger partial charge in [0, 0.05) is 32.8 Å². The molecule has 0 saturated carbocycles. The number of carbonyl (C=O) groups is 1. The molecule has 1 rings (SSSR count). The van der Waals surface area contributed by atoms with Crippen LogP contribution in [-0.2, 0) is 19.6 Å². The van der Waals surface area contributed by atoms with E-state index < -0.39 is 15.6 Å². The van der Waals surface area contributed by atoms with Gasteiger partial charge in [-0.05, 0) is 19.3 Å². The van der Waals surface area contributed by atoms with E-state index in [0.717, 1.165) is 0 Å². The summed E-state index contributed by atoms with van der Waals surface area (Å²) in [6.07, 6.45) is 2.79. The van der Waals surface area contributed by atoms with Crippen LogP contribution in [0.25, 0.3) is 0 Å². The minimum Gasteiger partial charge on any atom is -0.381 e. The Bertz CT molecular complexity index is 418. The number of rotatable bonds is 7. The summed E-state index contributed by atoms with van der Waals surface area (Å²) in [4.78, 5) is 12.0. The van der Waals surface area contributed by atoms with Crippen LogP contribution in [0.1, 0.15) is 26.2 Å². The van der Waals surface area contributed by atoms with Crippen LogP contribution < -0.4 is 11.1 Å². The van der Waals surface area contributed by atoms with Crippen molar-refractivity contribution in [3.05, 3.63) is 0 Å². The Morgan fingerprint density at radius 1 is 1.40 bits per heavy atom. The van der Waals surface area contributed by atoms with Crippen molar-refractivity contribution in [2.24, 2.45) is 5.73 Å². The molecule has 0 aromatic rings. The zero-order chi connectivity index (χ0) is 15.2. The number of ether oxygens (including phenoxy) is 1. The summed E-state index contributed by atoms with van der Waals surface area (Å²) in [6, 6.07) is 0. The monoisotopic (exact) mass is 307 g/mol. The maximum atomic E-state index is 12.0. The van der Waals surface area contributed by atoms with Crippen LogP contribution in [0, 0.1) is 0 Å². The van der Waals surface area contributed by atoms with Crippen LogP contribution in [0.2, 0.25) is 0 Å². The lowest BCUT2D eigenvalue weighted by Gasteiger charge is -2.31. The van der Waals surface area contributed by atoms with Crippen LogP contribution in [0.5, 0.6) is 0 Å². The Labute approximate surface area is 120 Å². The lowest BCUT2D eigenvalue weighted by atomic mass is 9.90.